The monoisotopic (exact) mass is 540 g/mol. The molecule has 38 heavy (non-hydrogen) atoms. The number of hydrogen-bond donors (Lipinski definition) is 1. The van der Waals surface area contributed by atoms with Gasteiger partial charge in [-0.3, -0.25) is 19.2 Å². The average Bonchev–Trinajstić information content (AvgIpc) is 3.36. The van der Waals surface area contributed by atoms with Crippen LogP contribution in [-0.2, 0) is 47.7 Å². The maximum Gasteiger partial charge on any atom is 0.328 e. The van der Waals surface area contributed by atoms with Crippen molar-refractivity contribution in [2.75, 3.05) is 40.1 Å². The van der Waals surface area contributed by atoms with Crippen LogP contribution in [0.25, 0.3) is 0 Å². The van der Waals surface area contributed by atoms with Crippen LogP contribution in [0.3, 0.4) is 0 Å². The third-order valence-electron chi connectivity index (χ3n) is 7.45. The van der Waals surface area contributed by atoms with Crippen LogP contribution in [0.4, 0.5) is 0 Å². The Bertz CT molecular complexity index is 886. The highest BCUT2D eigenvalue weighted by molar-refractivity contribution is 5.88. The molecule has 0 aromatic rings. The van der Waals surface area contributed by atoms with Gasteiger partial charge in [0.25, 0.3) is 0 Å². The van der Waals surface area contributed by atoms with Crippen LogP contribution in [0, 0.1) is 40.4 Å². The zero-order valence-electron chi connectivity index (χ0n) is 23.1. The molecule has 6 atom stereocenters. The first-order valence-electron chi connectivity index (χ1n) is 12.7. The summed E-state index contributed by atoms with van der Waals surface area (Å²) in [5.41, 5.74) is -1.29. The molecule has 1 N–H and O–H groups in total. The summed E-state index contributed by atoms with van der Waals surface area (Å²) in [5, 5.41) is 11.1. The summed E-state index contributed by atoms with van der Waals surface area (Å²) < 4.78 is 25.9. The standard InChI is InChI=1S/C26H40N2O10/c1-16(22(30)34-6)18(3)26(5,25(33)38-13-12-35-11-7-10-27)19(4)17(2)23(31)36-14-15-37-24(32)20-8-9-21(29)28-20/h16-20H,7-9,11-15H2,1-6H3,(H,28,29). The van der Waals surface area contributed by atoms with Crippen LogP contribution < -0.4 is 5.32 Å². The lowest BCUT2D eigenvalue weighted by Crippen LogP contribution is -2.49. The summed E-state index contributed by atoms with van der Waals surface area (Å²) in [6.07, 6.45) is 0.827. The Morgan fingerprint density at radius 1 is 0.947 bits per heavy atom. The molecule has 0 saturated carbocycles. The van der Waals surface area contributed by atoms with E-state index in [0.29, 0.717) is 6.42 Å². The summed E-state index contributed by atoms with van der Waals surface area (Å²) in [5.74, 6) is -5.18. The molecule has 1 aliphatic rings. The Kier molecular flexibility index (Phi) is 13.7. The highest BCUT2D eigenvalue weighted by atomic mass is 16.6. The van der Waals surface area contributed by atoms with Gasteiger partial charge in [0.2, 0.25) is 5.91 Å². The van der Waals surface area contributed by atoms with Gasteiger partial charge in [-0.1, -0.05) is 27.7 Å². The van der Waals surface area contributed by atoms with Crippen LogP contribution >= 0.6 is 0 Å². The van der Waals surface area contributed by atoms with Gasteiger partial charge in [-0.05, 0) is 25.2 Å². The molecule has 0 radical (unpaired) electrons. The first-order chi connectivity index (χ1) is 17.9. The van der Waals surface area contributed by atoms with Crippen molar-refractivity contribution in [3.8, 4) is 6.07 Å². The third-order valence-corrected chi connectivity index (χ3v) is 7.45. The van der Waals surface area contributed by atoms with E-state index >= 15 is 0 Å². The normalized spacial score (nSPS) is 19.5. The Balaban J connectivity index is 2.82. The van der Waals surface area contributed by atoms with Gasteiger partial charge in [-0.15, -0.1) is 0 Å². The molecule has 12 heteroatoms. The molecule has 1 heterocycles. The van der Waals surface area contributed by atoms with Crippen LogP contribution in [-0.4, -0.2) is 76.0 Å². The largest absolute Gasteiger partial charge is 0.469 e. The first-order valence-corrected chi connectivity index (χ1v) is 12.7. The second kappa shape index (κ2) is 15.9. The van der Waals surface area contributed by atoms with E-state index in [9.17, 15) is 24.0 Å². The fourth-order valence-corrected chi connectivity index (χ4v) is 4.30. The van der Waals surface area contributed by atoms with E-state index in [0.717, 1.165) is 0 Å². The van der Waals surface area contributed by atoms with Gasteiger partial charge < -0.3 is 29.0 Å². The lowest BCUT2D eigenvalue weighted by molar-refractivity contribution is -0.173. The van der Waals surface area contributed by atoms with Gasteiger partial charge in [0.1, 0.15) is 25.9 Å². The van der Waals surface area contributed by atoms with Gasteiger partial charge in [-0.25, -0.2) is 4.79 Å². The Hall–Kier alpha value is -3.20. The average molecular weight is 541 g/mol. The molecular formula is C26H40N2O10. The molecule has 1 rings (SSSR count). The number of ether oxygens (including phenoxy) is 5. The highest BCUT2D eigenvalue weighted by Gasteiger charge is 2.51. The predicted molar refractivity (Wildman–Crippen MR) is 132 cm³/mol. The van der Waals surface area contributed by atoms with E-state index in [4.69, 9.17) is 28.9 Å². The maximum atomic E-state index is 13.3. The zero-order valence-corrected chi connectivity index (χ0v) is 23.1. The lowest BCUT2D eigenvalue weighted by atomic mass is 9.62. The number of nitrogens with one attached hydrogen (secondary N) is 1. The summed E-state index contributed by atoms with van der Waals surface area (Å²) in [6, 6.07) is 1.26. The van der Waals surface area contributed by atoms with Crippen molar-refractivity contribution in [3.63, 3.8) is 0 Å². The quantitative estimate of drug-likeness (QED) is 0.171. The number of methoxy groups -OCH3 is 1. The van der Waals surface area contributed by atoms with Crippen molar-refractivity contribution in [2.45, 2.75) is 59.9 Å². The maximum absolute atomic E-state index is 13.3. The molecule has 0 spiro atoms. The smallest absolute Gasteiger partial charge is 0.328 e. The van der Waals surface area contributed by atoms with Crippen molar-refractivity contribution >= 4 is 29.8 Å². The summed E-state index contributed by atoms with van der Waals surface area (Å²) in [6.45, 7) is 8.20. The van der Waals surface area contributed by atoms with Crippen LogP contribution in [0.1, 0.15) is 53.9 Å². The Morgan fingerprint density at radius 2 is 1.53 bits per heavy atom. The molecule has 1 aliphatic heterocycles. The van der Waals surface area contributed by atoms with Gasteiger partial charge >= 0.3 is 23.9 Å². The summed E-state index contributed by atoms with van der Waals surface area (Å²) in [7, 11) is 1.26. The minimum atomic E-state index is -1.29. The van der Waals surface area contributed by atoms with Gasteiger partial charge in [-0.2, -0.15) is 5.26 Å². The predicted octanol–water partition coefficient (Wildman–Crippen LogP) is 1.55. The molecule has 6 unspecified atom stereocenters. The Labute approximate surface area is 223 Å². The Morgan fingerprint density at radius 3 is 2.08 bits per heavy atom. The summed E-state index contributed by atoms with van der Waals surface area (Å²) in [4.78, 5) is 61.7. The molecule has 1 amide bonds. The third kappa shape index (κ3) is 8.97. The van der Waals surface area contributed by atoms with Crippen molar-refractivity contribution in [3.05, 3.63) is 0 Å². The number of carbonyl (C=O) groups is 5. The lowest BCUT2D eigenvalue weighted by Gasteiger charge is -2.42. The number of esters is 4. The minimum absolute atomic E-state index is 0.0580. The number of rotatable bonds is 16. The molecule has 0 aromatic heterocycles. The fraction of sp³-hybridized carbons (Fsp3) is 0.769. The van der Waals surface area contributed by atoms with E-state index in [2.05, 4.69) is 5.32 Å². The molecule has 1 saturated heterocycles. The van der Waals surface area contributed by atoms with Gasteiger partial charge in [0.05, 0.1) is 50.1 Å². The highest BCUT2D eigenvalue weighted by Crippen LogP contribution is 2.44. The molecule has 0 aromatic carbocycles. The number of nitriles is 1. The fourth-order valence-electron chi connectivity index (χ4n) is 4.30. The van der Waals surface area contributed by atoms with Gasteiger partial charge in [0, 0.05) is 6.42 Å². The molecule has 214 valence electrons. The summed E-state index contributed by atoms with van der Waals surface area (Å²) >= 11 is 0. The first kappa shape index (κ1) is 32.8. The molecule has 1 fully saturated rings. The van der Waals surface area contributed by atoms with Crippen molar-refractivity contribution in [1.29, 1.82) is 5.26 Å². The van der Waals surface area contributed by atoms with Crippen molar-refractivity contribution < 1.29 is 47.7 Å². The number of amides is 1. The molecule has 12 nitrogen and oxygen atoms in total. The van der Waals surface area contributed by atoms with Crippen LogP contribution in [0.15, 0.2) is 0 Å². The second-order valence-corrected chi connectivity index (χ2v) is 9.61. The van der Waals surface area contributed by atoms with Gasteiger partial charge in [0.15, 0.2) is 0 Å². The van der Waals surface area contributed by atoms with E-state index in [1.54, 1.807) is 34.6 Å². The van der Waals surface area contributed by atoms with E-state index in [-0.39, 0.29) is 51.8 Å². The molecule has 0 aliphatic carbocycles. The molecular weight excluding hydrogens is 500 g/mol. The number of nitrogens with zero attached hydrogens (tertiary/aromatic N) is 1. The number of hydrogen-bond acceptors (Lipinski definition) is 11. The van der Waals surface area contributed by atoms with Crippen LogP contribution in [0.5, 0.6) is 0 Å². The van der Waals surface area contributed by atoms with Crippen molar-refractivity contribution in [1.82, 2.24) is 5.32 Å². The van der Waals surface area contributed by atoms with E-state index in [1.165, 1.54) is 7.11 Å². The zero-order chi connectivity index (χ0) is 28.9. The second-order valence-electron chi connectivity index (χ2n) is 9.61. The van der Waals surface area contributed by atoms with E-state index in [1.807, 2.05) is 6.07 Å². The molecule has 0 bridgehead atoms. The number of carbonyl (C=O) groups excluding carboxylic acids is 5. The van der Waals surface area contributed by atoms with Crippen molar-refractivity contribution in [2.24, 2.45) is 29.1 Å². The van der Waals surface area contributed by atoms with E-state index < -0.39 is 59.0 Å². The SMILES string of the molecule is COC(=O)C(C)C(C)C(C)(C(=O)OCCOCCC#N)C(C)C(C)C(=O)OCCOC(=O)C1CCC(=O)N1. The minimum Gasteiger partial charge on any atom is -0.469 e. The van der Waals surface area contributed by atoms with Crippen LogP contribution in [0.2, 0.25) is 0 Å². The topological polar surface area (TPSA) is 167 Å².